The van der Waals surface area contributed by atoms with E-state index in [0.717, 1.165) is 5.02 Å². The van der Waals surface area contributed by atoms with E-state index in [-0.39, 0.29) is 0 Å². The molecule has 0 fully saturated rings. The van der Waals surface area contributed by atoms with Gasteiger partial charge in [-0.1, -0.05) is 54.1 Å². The van der Waals surface area contributed by atoms with Gasteiger partial charge in [0.05, 0.1) is 0 Å². The lowest BCUT2D eigenvalue weighted by Gasteiger charge is -2.20. The summed E-state index contributed by atoms with van der Waals surface area (Å²) in [5.41, 5.74) is 2.56. The van der Waals surface area contributed by atoms with Crippen molar-refractivity contribution in [2.75, 3.05) is 0 Å². The van der Waals surface area contributed by atoms with Crippen molar-refractivity contribution in [1.29, 1.82) is 0 Å². The minimum Gasteiger partial charge on any atom is -0.304 e. The van der Waals surface area contributed by atoms with E-state index in [1.165, 1.54) is 11.1 Å². The molecule has 0 bridgehead atoms. The minimum absolute atomic E-state index is 0.303. The minimum atomic E-state index is 0.303. The molecule has 0 heterocycles. The van der Waals surface area contributed by atoms with Gasteiger partial charge >= 0.3 is 0 Å². The number of hydrogen-bond acceptors (Lipinski definition) is 1. The van der Waals surface area contributed by atoms with Crippen molar-refractivity contribution >= 4 is 11.6 Å². The van der Waals surface area contributed by atoms with Gasteiger partial charge < -0.3 is 5.32 Å². The van der Waals surface area contributed by atoms with Crippen molar-refractivity contribution in [2.45, 2.75) is 25.9 Å². The maximum Gasteiger partial charge on any atom is 0.0406 e. The van der Waals surface area contributed by atoms with E-state index in [1.54, 1.807) is 0 Å². The lowest BCUT2D eigenvalue weighted by Crippen LogP contribution is -2.22. The highest BCUT2D eigenvalue weighted by Crippen LogP contribution is 2.20. The lowest BCUT2D eigenvalue weighted by molar-refractivity contribution is 0.495. The van der Waals surface area contributed by atoms with Gasteiger partial charge in [-0.05, 0) is 37.1 Å². The first-order valence-electron chi connectivity index (χ1n) is 6.23. The first kappa shape index (κ1) is 13.1. The molecule has 2 unspecified atom stereocenters. The third-order valence-electron chi connectivity index (χ3n) is 3.17. The fraction of sp³-hybridized carbons (Fsp3) is 0.250. The van der Waals surface area contributed by atoms with Crippen LogP contribution in [0.1, 0.15) is 37.1 Å². The van der Waals surface area contributed by atoms with Crippen LogP contribution in [0.2, 0.25) is 5.02 Å². The Bertz CT molecular complexity index is 478. The first-order valence-corrected chi connectivity index (χ1v) is 6.61. The molecule has 2 heteroatoms. The quantitative estimate of drug-likeness (QED) is 0.835. The van der Waals surface area contributed by atoms with Crippen molar-refractivity contribution in [3.63, 3.8) is 0 Å². The smallest absolute Gasteiger partial charge is 0.0406 e. The highest BCUT2D eigenvalue weighted by atomic mass is 35.5. The van der Waals surface area contributed by atoms with E-state index >= 15 is 0 Å². The Labute approximate surface area is 114 Å². The number of rotatable bonds is 4. The Morgan fingerprint density at radius 1 is 0.778 bits per heavy atom. The SMILES string of the molecule is CC(NC(C)c1ccc(Cl)cc1)c1ccccc1. The third kappa shape index (κ3) is 3.34. The van der Waals surface area contributed by atoms with Gasteiger partial charge in [0.15, 0.2) is 0 Å². The molecule has 0 saturated carbocycles. The van der Waals surface area contributed by atoms with Crippen LogP contribution < -0.4 is 5.32 Å². The summed E-state index contributed by atoms with van der Waals surface area (Å²) in [5, 5.41) is 4.37. The van der Waals surface area contributed by atoms with Gasteiger partial charge in [0, 0.05) is 17.1 Å². The van der Waals surface area contributed by atoms with Crippen LogP contribution in [0, 0.1) is 0 Å². The zero-order chi connectivity index (χ0) is 13.0. The highest BCUT2D eigenvalue weighted by Gasteiger charge is 2.10. The van der Waals surface area contributed by atoms with Crippen LogP contribution >= 0.6 is 11.6 Å². The summed E-state index contributed by atoms with van der Waals surface area (Å²) >= 11 is 5.90. The topological polar surface area (TPSA) is 12.0 Å². The second-order valence-corrected chi connectivity index (χ2v) is 5.01. The average Bonchev–Trinajstić information content (AvgIpc) is 2.40. The van der Waals surface area contributed by atoms with E-state index in [0.29, 0.717) is 12.1 Å². The molecule has 2 aromatic carbocycles. The Hall–Kier alpha value is -1.31. The Balaban J connectivity index is 2.03. The van der Waals surface area contributed by atoms with Crippen LogP contribution in [0.3, 0.4) is 0 Å². The molecule has 0 aliphatic heterocycles. The largest absolute Gasteiger partial charge is 0.304 e. The predicted octanol–water partition coefficient (Wildman–Crippen LogP) is 4.75. The molecule has 0 aliphatic carbocycles. The van der Waals surface area contributed by atoms with Crippen LogP contribution in [0.25, 0.3) is 0 Å². The maximum atomic E-state index is 5.90. The summed E-state index contributed by atoms with van der Waals surface area (Å²) in [6.45, 7) is 4.35. The van der Waals surface area contributed by atoms with Crippen molar-refractivity contribution < 1.29 is 0 Å². The van der Waals surface area contributed by atoms with Gasteiger partial charge in [0.2, 0.25) is 0 Å². The monoisotopic (exact) mass is 259 g/mol. The molecular weight excluding hydrogens is 242 g/mol. The zero-order valence-electron chi connectivity index (χ0n) is 10.7. The summed E-state index contributed by atoms with van der Waals surface area (Å²) < 4.78 is 0. The standard InChI is InChI=1S/C16H18ClN/c1-12(14-6-4-3-5-7-14)18-13(2)15-8-10-16(17)11-9-15/h3-13,18H,1-2H3. The number of hydrogen-bond donors (Lipinski definition) is 1. The van der Waals surface area contributed by atoms with Gasteiger partial charge in [-0.2, -0.15) is 0 Å². The molecule has 0 spiro atoms. The van der Waals surface area contributed by atoms with Gasteiger partial charge in [-0.25, -0.2) is 0 Å². The molecule has 2 aromatic rings. The summed E-state index contributed by atoms with van der Waals surface area (Å²) in [5.74, 6) is 0. The highest BCUT2D eigenvalue weighted by molar-refractivity contribution is 6.30. The van der Waals surface area contributed by atoms with E-state index < -0.39 is 0 Å². The molecule has 1 N–H and O–H groups in total. The van der Waals surface area contributed by atoms with Gasteiger partial charge in [-0.3, -0.25) is 0 Å². The van der Waals surface area contributed by atoms with E-state index in [9.17, 15) is 0 Å². The van der Waals surface area contributed by atoms with Crippen molar-refractivity contribution in [3.8, 4) is 0 Å². The molecule has 2 atom stereocenters. The Kier molecular flexibility index (Phi) is 4.40. The summed E-state index contributed by atoms with van der Waals surface area (Å²) in [6.07, 6.45) is 0. The number of nitrogens with one attached hydrogen (secondary N) is 1. The second kappa shape index (κ2) is 6.03. The molecule has 18 heavy (non-hydrogen) atoms. The van der Waals surface area contributed by atoms with Crippen LogP contribution in [0.15, 0.2) is 54.6 Å². The fourth-order valence-corrected chi connectivity index (χ4v) is 2.19. The first-order chi connectivity index (χ1) is 8.66. The van der Waals surface area contributed by atoms with Crippen molar-refractivity contribution in [3.05, 3.63) is 70.7 Å². The molecule has 0 radical (unpaired) electrons. The average molecular weight is 260 g/mol. The zero-order valence-corrected chi connectivity index (χ0v) is 11.5. The lowest BCUT2D eigenvalue weighted by atomic mass is 10.0. The van der Waals surface area contributed by atoms with Crippen molar-refractivity contribution in [1.82, 2.24) is 5.32 Å². The van der Waals surface area contributed by atoms with Crippen LogP contribution in [-0.2, 0) is 0 Å². The molecule has 0 aromatic heterocycles. The Morgan fingerprint density at radius 2 is 1.28 bits per heavy atom. The number of halogens is 1. The van der Waals surface area contributed by atoms with Crippen molar-refractivity contribution in [2.24, 2.45) is 0 Å². The molecule has 0 aliphatic rings. The van der Waals surface area contributed by atoms with E-state index in [2.05, 4.69) is 55.6 Å². The van der Waals surface area contributed by atoms with Crippen LogP contribution in [0.4, 0.5) is 0 Å². The van der Waals surface area contributed by atoms with Crippen LogP contribution in [0.5, 0.6) is 0 Å². The molecule has 0 amide bonds. The predicted molar refractivity (Wildman–Crippen MR) is 77.9 cm³/mol. The van der Waals surface area contributed by atoms with Gasteiger partial charge in [0.25, 0.3) is 0 Å². The molecular formula is C16H18ClN. The molecule has 94 valence electrons. The normalized spacial score (nSPS) is 14.2. The van der Waals surface area contributed by atoms with E-state index in [4.69, 9.17) is 11.6 Å². The summed E-state index contributed by atoms with van der Waals surface area (Å²) in [4.78, 5) is 0. The van der Waals surface area contributed by atoms with Gasteiger partial charge in [-0.15, -0.1) is 0 Å². The molecule has 2 rings (SSSR count). The Morgan fingerprint density at radius 3 is 1.83 bits per heavy atom. The second-order valence-electron chi connectivity index (χ2n) is 4.57. The number of benzene rings is 2. The van der Waals surface area contributed by atoms with Crippen LogP contribution in [-0.4, -0.2) is 0 Å². The van der Waals surface area contributed by atoms with E-state index in [1.807, 2.05) is 18.2 Å². The maximum absolute atomic E-state index is 5.90. The molecule has 1 nitrogen and oxygen atoms in total. The fourth-order valence-electron chi connectivity index (χ4n) is 2.06. The third-order valence-corrected chi connectivity index (χ3v) is 3.42. The summed E-state index contributed by atoms with van der Waals surface area (Å²) in [6, 6.07) is 19.1. The summed E-state index contributed by atoms with van der Waals surface area (Å²) in [7, 11) is 0. The van der Waals surface area contributed by atoms with Gasteiger partial charge in [0.1, 0.15) is 0 Å². The molecule has 0 saturated heterocycles.